The summed E-state index contributed by atoms with van der Waals surface area (Å²) < 4.78 is 5.12. The number of benzene rings is 2. The van der Waals surface area contributed by atoms with Crippen LogP contribution in [-0.2, 0) is 0 Å². The van der Waals surface area contributed by atoms with Crippen molar-refractivity contribution in [2.75, 3.05) is 24.5 Å². The normalized spacial score (nSPS) is 10.7. The van der Waals surface area contributed by atoms with E-state index in [1.807, 2.05) is 54.6 Å². The Kier molecular flexibility index (Phi) is 5.98. The van der Waals surface area contributed by atoms with Crippen LogP contribution in [0.5, 0.6) is 5.75 Å². The van der Waals surface area contributed by atoms with Gasteiger partial charge in [0.2, 0.25) is 11.8 Å². The molecule has 0 amide bonds. The zero-order chi connectivity index (χ0) is 20.8. The van der Waals surface area contributed by atoms with Gasteiger partial charge in [-0.2, -0.15) is 10.1 Å². The van der Waals surface area contributed by atoms with Crippen LogP contribution >= 0.6 is 0 Å². The molecule has 0 fully saturated rings. The first-order valence-electron chi connectivity index (χ1n) is 8.74. The number of nitrogens with zero attached hydrogens (tertiary/aromatic N) is 5. The van der Waals surface area contributed by atoms with Gasteiger partial charge in [0.15, 0.2) is 0 Å². The number of methoxy groups -OCH3 is 1. The molecular weight excluding hydrogens is 372 g/mol. The molecule has 3 rings (SSSR count). The Morgan fingerprint density at radius 2 is 1.83 bits per heavy atom. The molecule has 0 bridgehead atoms. The summed E-state index contributed by atoms with van der Waals surface area (Å²) in [5.74, 6) is 1.09. The Morgan fingerprint density at radius 1 is 1.14 bits per heavy atom. The van der Waals surface area contributed by atoms with Crippen LogP contribution in [0, 0.1) is 17.0 Å². The second kappa shape index (κ2) is 8.79. The van der Waals surface area contributed by atoms with Crippen molar-refractivity contribution >= 4 is 29.4 Å². The summed E-state index contributed by atoms with van der Waals surface area (Å²) in [6.07, 6.45) is 1.60. The van der Waals surface area contributed by atoms with E-state index in [0.717, 1.165) is 17.0 Å². The van der Waals surface area contributed by atoms with Crippen LogP contribution in [0.15, 0.2) is 59.7 Å². The standard InChI is InChI=1S/C20H20N6O3/c1-14-18(26(27)28)19(25(2)16-7-5-4-6-8-16)23-20(22-14)24-21-13-15-9-11-17(29-3)12-10-15/h4-13H,1-3H3,(H,22,23,24). The van der Waals surface area contributed by atoms with Gasteiger partial charge < -0.3 is 9.64 Å². The molecule has 0 spiro atoms. The summed E-state index contributed by atoms with van der Waals surface area (Å²) in [6, 6.07) is 16.6. The molecule has 0 atom stereocenters. The molecule has 1 aromatic heterocycles. The molecule has 0 unspecified atom stereocenters. The van der Waals surface area contributed by atoms with E-state index in [0.29, 0.717) is 0 Å². The van der Waals surface area contributed by atoms with Gasteiger partial charge in [0, 0.05) is 12.7 Å². The molecule has 29 heavy (non-hydrogen) atoms. The van der Waals surface area contributed by atoms with Crippen molar-refractivity contribution in [2.45, 2.75) is 6.92 Å². The van der Waals surface area contributed by atoms with E-state index in [-0.39, 0.29) is 23.1 Å². The Balaban J connectivity index is 1.88. The van der Waals surface area contributed by atoms with Crippen molar-refractivity contribution in [1.29, 1.82) is 0 Å². The summed E-state index contributed by atoms with van der Waals surface area (Å²) in [7, 11) is 3.32. The largest absolute Gasteiger partial charge is 0.497 e. The Morgan fingerprint density at radius 3 is 2.45 bits per heavy atom. The van der Waals surface area contributed by atoms with E-state index in [1.165, 1.54) is 0 Å². The minimum atomic E-state index is -0.478. The van der Waals surface area contributed by atoms with Gasteiger partial charge in [-0.05, 0) is 48.9 Å². The van der Waals surface area contributed by atoms with Gasteiger partial charge in [-0.1, -0.05) is 18.2 Å². The van der Waals surface area contributed by atoms with Crippen LogP contribution in [0.3, 0.4) is 0 Å². The summed E-state index contributed by atoms with van der Waals surface area (Å²) in [5.41, 5.74) is 4.44. The highest BCUT2D eigenvalue weighted by atomic mass is 16.6. The van der Waals surface area contributed by atoms with Gasteiger partial charge >= 0.3 is 5.69 Å². The maximum Gasteiger partial charge on any atom is 0.333 e. The molecule has 3 aromatic rings. The second-order valence-corrected chi connectivity index (χ2v) is 6.10. The van der Waals surface area contributed by atoms with Crippen molar-refractivity contribution in [3.63, 3.8) is 0 Å². The number of hydrogen-bond acceptors (Lipinski definition) is 8. The lowest BCUT2D eigenvalue weighted by Crippen LogP contribution is -2.16. The van der Waals surface area contributed by atoms with E-state index in [1.54, 1.807) is 32.2 Å². The monoisotopic (exact) mass is 392 g/mol. The molecule has 148 valence electrons. The van der Waals surface area contributed by atoms with Crippen LogP contribution in [0.1, 0.15) is 11.3 Å². The molecule has 1 heterocycles. The number of hydrogen-bond donors (Lipinski definition) is 1. The lowest BCUT2D eigenvalue weighted by molar-refractivity contribution is -0.385. The molecule has 9 heteroatoms. The maximum absolute atomic E-state index is 11.6. The first-order chi connectivity index (χ1) is 14.0. The lowest BCUT2D eigenvalue weighted by Gasteiger charge is -2.19. The van der Waals surface area contributed by atoms with Gasteiger partial charge in [0.25, 0.3) is 0 Å². The summed E-state index contributed by atoms with van der Waals surface area (Å²) in [5, 5.41) is 15.7. The zero-order valence-corrected chi connectivity index (χ0v) is 16.2. The van der Waals surface area contributed by atoms with Crippen LogP contribution in [0.2, 0.25) is 0 Å². The number of aryl methyl sites for hydroxylation is 1. The van der Waals surface area contributed by atoms with Crippen molar-refractivity contribution in [3.05, 3.63) is 76.0 Å². The van der Waals surface area contributed by atoms with Gasteiger partial charge in [-0.15, -0.1) is 0 Å². The highest BCUT2D eigenvalue weighted by molar-refractivity contribution is 5.80. The molecule has 2 aromatic carbocycles. The number of hydrazone groups is 1. The smallest absolute Gasteiger partial charge is 0.333 e. The average Bonchev–Trinajstić information content (AvgIpc) is 2.73. The predicted octanol–water partition coefficient (Wildman–Crippen LogP) is 3.92. The van der Waals surface area contributed by atoms with E-state index in [2.05, 4.69) is 20.5 Å². The van der Waals surface area contributed by atoms with Crippen LogP contribution < -0.4 is 15.1 Å². The Bertz CT molecular complexity index is 1020. The quantitative estimate of drug-likeness (QED) is 0.369. The summed E-state index contributed by atoms with van der Waals surface area (Å²) >= 11 is 0. The third kappa shape index (κ3) is 4.64. The van der Waals surface area contributed by atoms with Gasteiger partial charge in [-0.3, -0.25) is 10.1 Å². The number of nitrogens with one attached hydrogen (secondary N) is 1. The number of anilines is 3. The first-order valence-corrected chi connectivity index (χ1v) is 8.74. The number of para-hydroxylation sites is 1. The third-order valence-corrected chi connectivity index (χ3v) is 4.18. The molecule has 9 nitrogen and oxygen atoms in total. The fourth-order valence-corrected chi connectivity index (χ4v) is 2.68. The highest BCUT2D eigenvalue weighted by Crippen LogP contribution is 2.33. The van der Waals surface area contributed by atoms with Crippen LogP contribution in [0.25, 0.3) is 0 Å². The zero-order valence-electron chi connectivity index (χ0n) is 16.2. The fraction of sp³-hybridized carbons (Fsp3) is 0.150. The average molecular weight is 392 g/mol. The van der Waals surface area contributed by atoms with Gasteiger partial charge in [0.05, 0.1) is 18.2 Å². The van der Waals surface area contributed by atoms with Gasteiger partial charge in [0.1, 0.15) is 11.4 Å². The maximum atomic E-state index is 11.6. The molecule has 0 radical (unpaired) electrons. The van der Waals surface area contributed by atoms with Gasteiger partial charge in [-0.25, -0.2) is 10.4 Å². The molecule has 0 saturated carbocycles. The van der Waals surface area contributed by atoms with Crippen molar-refractivity contribution in [2.24, 2.45) is 5.10 Å². The van der Waals surface area contributed by atoms with Crippen LogP contribution in [-0.4, -0.2) is 35.3 Å². The minimum absolute atomic E-state index is 0.152. The number of nitro groups is 1. The van der Waals surface area contributed by atoms with E-state index < -0.39 is 4.92 Å². The number of ether oxygens (including phenoxy) is 1. The van der Waals surface area contributed by atoms with Crippen molar-refractivity contribution < 1.29 is 9.66 Å². The van der Waals surface area contributed by atoms with E-state index in [9.17, 15) is 10.1 Å². The number of rotatable bonds is 7. The minimum Gasteiger partial charge on any atom is -0.497 e. The van der Waals surface area contributed by atoms with Crippen molar-refractivity contribution in [3.8, 4) is 5.75 Å². The lowest BCUT2D eigenvalue weighted by atomic mass is 10.2. The highest BCUT2D eigenvalue weighted by Gasteiger charge is 2.25. The van der Waals surface area contributed by atoms with Crippen LogP contribution in [0.4, 0.5) is 23.1 Å². The predicted molar refractivity (Wildman–Crippen MR) is 112 cm³/mol. The summed E-state index contributed by atoms with van der Waals surface area (Å²) in [6.45, 7) is 1.57. The molecule has 0 aliphatic heterocycles. The molecular formula is C20H20N6O3. The van der Waals surface area contributed by atoms with E-state index in [4.69, 9.17) is 4.74 Å². The molecule has 0 aliphatic carbocycles. The first kappa shape index (κ1) is 19.7. The number of aromatic nitrogens is 2. The summed E-state index contributed by atoms with van der Waals surface area (Å²) in [4.78, 5) is 21.2. The molecule has 0 aliphatic rings. The Hall–Kier alpha value is -4.01. The topological polar surface area (TPSA) is 106 Å². The Labute approximate surface area is 167 Å². The van der Waals surface area contributed by atoms with Crippen molar-refractivity contribution in [1.82, 2.24) is 9.97 Å². The second-order valence-electron chi connectivity index (χ2n) is 6.10. The molecule has 0 saturated heterocycles. The third-order valence-electron chi connectivity index (χ3n) is 4.18. The fourth-order valence-electron chi connectivity index (χ4n) is 2.68. The SMILES string of the molecule is COc1ccc(C=NNc2nc(C)c([N+](=O)[O-])c(N(C)c3ccccc3)n2)cc1. The van der Waals surface area contributed by atoms with E-state index >= 15 is 0 Å². The molecule has 1 N–H and O–H groups in total.